The van der Waals surface area contributed by atoms with Crippen molar-refractivity contribution in [3.8, 4) is 0 Å². The summed E-state index contributed by atoms with van der Waals surface area (Å²) in [5, 5.41) is 14.8. The molecule has 83 heavy (non-hydrogen) atoms. The van der Waals surface area contributed by atoms with Crippen LogP contribution in [-0.4, -0.2) is 62.0 Å². The van der Waals surface area contributed by atoms with Crippen LogP contribution in [0.5, 0.6) is 0 Å². The second kappa shape index (κ2) is 26.1. The molecule has 0 aliphatic carbocycles. The van der Waals surface area contributed by atoms with Crippen LogP contribution in [0.15, 0.2) is 152 Å². The van der Waals surface area contributed by atoms with Crippen LogP contribution in [0.4, 0.5) is 74.8 Å². The van der Waals surface area contributed by atoms with Gasteiger partial charge in [0.15, 0.2) is 0 Å². The Morgan fingerprint density at radius 2 is 0.651 bits per heavy atom. The zero-order chi connectivity index (χ0) is 57.9. The number of fused-ring (bicyclic) bond motifs is 3. The third-order valence-electron chi connectivity index (χ3n) is 13.9. The minimum atomic E-state index is -2.68. The number of benzene rings is 7. The Morgan fingerprint density at radius 3 is 1.02 bits per heavy atom. The van der Waals surface area contributed by atoms with E-state index in [-0.39, 0.29) is 61.0 Å². The van der Waals surface area contributed by atoms with Gasteiger partial charge < -0.3 is 31.1 Å². The van der Waals surface area contributed by atoms with Gasteiger partial charge >= 0.3 is 0 Å². The van der Waals surface area contributed by atoms with Gasteiger partial charge in [-0.05, 0) is 126 Å². The molecule has 5 heterocycles. The summed E-state index contributed by atoms with van der Waals surface area (Å²) < 4.78 is 120. The van der Waals surface area contributed by atoms with Crippen LogP contribution in [0.1, 0.15) is 54.4 Å². The molecule has 2 fully saturated rings. The van der Waals surface area contributed by atoms with E-state index in [1.54, 1.807) is 71.6 Å². The molecule has 2 saturated heterocycles. The van der Waals surface area contributed by atoms with Gasteiger partial charge in [0.25, 0.3) is 5.92 Å². The van der Waals surface area contributed by atoms with Gasteiger partial charge in [-0.1, -0.05) is 48.5 Å². The van der Waals surface area contributed by atoms with E-state index in [1.807, 2.05) is 0 Å². The highest BCUT2D eigenvalue weighted by atomic mass is 19.3. The van der Waals surface area contributed by atoms with E-state index in [9.17, 15) is 39.5 Å². The van der Waals surface area contributed by atoms with Crippen molar-refractivity contribution in [2.75, 3.05) is 57.2 Å². The molecule has 0 spiro atoms. The number of anilines is 6. The maximum absolute atomic E-state index is 13.7. The molecule has 12 nitrogen and oxygen atoms in total. The summed E-state index contributed by atoms with van der Waals surface area (Å²) in [6.07, 6.45) is 2.91. The zero-order valence-corrected chi connectivity index (χ0v) is 44.6. The molecular formula is C62H55F9N12. The maximum Gasteiger partial charge on any atom is 0.251 e. The second-order valence-electron chi connectivity index (χ2n) is 19.9. The average Bonchev–Trinajstić information content (AvgIpc) is 3.69. The maximum atomic E-state index is 13.7. The third kappa shape index (κ3) is 15.4. The zero-order valence-electron chi connectivity index (χ0n) is 44.6. The highest BCUT2D eigenvalue weighted by Crippen LogP contribution is 2.32. The van der Waals surface area contributed by atoms with Crippen LogP contribution >= 0.6 is 0 Å². The lowest BCUT2D eigenvalue weighted by atomic mass is 10.1. The van der Waals surface area contributed by atoms with Gasteiger partial charge in [0, 0.05) is 99.6 Å². The summed E-state index contributed by atoms with van der Waals surface area (Å²) in [7, 11) is 0. The number of halogens is 9. The molecule has 0 amide bonds. The van der Waals surface area contributed by atoms with Gasteiger partial charge in [0.2, 0.25) is 17.8 Å². The summed E-state index contributed by atoms with van der Waals surface area (Å²) >= 11 is 0. The Hall–Kier alpha value is -9.27. The van der Waals surface area contributed by atoms with Crippen LogP contribution in [0.25, 0.3) is 32.7 Å². The van der Waals surface area contributed by atoms with Crippen molar-refractivity contribution in [3.63, 3.8) is 0 Å². The molecular weight excluding hydrogens is 1080 g/mol. The normalized spacial score (nSPS) is 13.9. The van der Waals surface area contributed by atoms with Crippen LogP contribution in [0.2, 0.25) is 0 Å². The van der Waals surface area contributed by atoms with Crippen molar-refractivity contribution >= 4 is 68.0 Å². The monoisotopic (exact) mass is 1140 g/mol. The number of aromatic nitrogens is 6. The van der Waals surface area contributed by atoms with E-state index in [0.717, 1.165) is 53.6 Å². The van der Waals surface area contributed by atoms with E-state index < -0.39 is 17.6 Å². The van der Waals surface area contributed by atoms with Crippen LogP contribution in [0, 0.1) is 40.7 Å². The van der Waals surface area contributed by atoms with Crippen LogP contribution in [-0.2, 0) is 26.2 Å². The number of rotatable bonds is 14. The van der Waals surface area contributed by atoms with E-state index in [1.165, 1.54) is 91.3 Å². The van der Waals surface area contributed by atoms with Gasteiger partial charge in [0.1, 0.15) is 58.2 Å². The van der Waals surface area contributed by atoms with Gasteiger partial charge in [-0.3, -0.25) is 0 Å². The fraction of sp³-hybridized carbons (Fsp3) is 0.226. The van der Waals surface area contributed by atoms with E-state index in [2.05, 4.69) is 51.1 Å². The van der Waals surface area contributed by atoms with E-state index in [0.29, 0.717) is 82.9 Å². The molecule has 426 valence electrons. The Kier molecular flexibility index (Phi) is 17.9. The topological polar surface area (TPSA) is 132 Å². The molecule has 4 N–H and O–H groups in total. The van der Waals surface area contributed by atoms with Gasteiger partial charge in [-0.15, -0.1) is 0 Å². The van der Waals surface area contributed by atoms with Crippen molar-refractivity contribution in [3.05, 3.63) is 215 Å². The highest BCUT2D eigenvalue weighted by molar-refractivity contribution is 5.92. The molecule has 2 aliphatic heterocycles. The first-order valence-corrected chi connectivity index (χ1v) is 26.9. The molecule has 2 aliphatic rings. The summed E-state index contributed by atoms with van der Waals surface area (Å²) in [5.41, 5.74) is 4.94. The van der Waals surface area contributed by atoms with Crippen LogP contribution < -0.4 is 31.1 Å². The Balaban J connectivity index is 0.000000139. The Bertz CT molecular complexity index is 3810. The molecule has 0 saturated carbocycles. The number of nitrogens with one attached hydrogen (secondary N) is 4. The minimum Gasteiger partial charge on any atom is -0.365 e. The Morgan fingerprint density at radius 1 is 0.337 bits per heavy atom. The molecule has 3 aromatic heterocycles. The van der Waals surface area contributed by atoms with Gasteiger partial charge in [-0.2, -0.15) is 15.0 Å². The first-order valence-electron chi connectivity index (χ1n) is 26.9. The fourth-order valence-electron chi connectivity index (χ4n) is 9.33. The number of hydrogen-bond acceptors (Lipinski definition) is 12. The second-order valence-corrected chi connectivity index (χ2v) is 19.9. The SMILES string of the molecule is Fc1ccc(CNc2nc(N3CCC(F)(F)CC3)nc3cc(F)ccc23)cc1.Fc1ccc(CNc2nc(N3CCCCC3)nc3cc(F)ccc23)cc1.Fc1ccc(CNc2nc(NCc3ccc(F)cc3)c3ccc(F)cc3n2)cc1. The summed E-state index contributed by atoms with van der Waals surface area (Å²) in [6, 6.07) is 37.6. The van der Waals surface area contributed by atoms with Gasteiger partial charge in [0.05, 0.1) is 16.6 Å². The molecule has 0 bridgehead atoms. The lowest BCUT2D eigenvalue weighted by Gasteiger charge is -2.32. The predicted octanol–water partition coefficient (Wildman–Crippen LogP) is 14.5. The first kappa shape index (κ1) is 57.0. The highest BCUT2D eigenvalue weighted by Gasteiger charge is 2.35. The fourth-order valence-corrected chi connectivity index (χ4v) is 9.33. The van der Waals surface area contributed by atoms with Crippen molar-refractivity contribution in [2.24, 2.45) is 0 Å². The smallest absolute Gasteiger partial charge is 0.251 e. The number of piperidine rings is 2. The van der Waals surface area contributed by atoms with Gasteiger partial charge in [-0.25, -0.2) is 54.5 Å². The molecule has 7 aromatic carbocycles. The van der Waals surface area contributed by atoms with Crippen molar-refractivity contribution < 1.29 is 39.5 Å². The lowest BCUT2D eigenvalue weighted by molar-refractivity contribution is -0.0222. The average molecular weight is 1140 g/mol. The minimum absolute atomic E-state index is 0.130. The van der Waals surface area contributed by atoms with Crippen molar-refractivity contribution in [1.29, 1.82) is 0 Å². The molecule has 12 rings (SSSR count). The third-order valence-corrected chi connectivity index (χ3v) is 13.9. The van der Waals surface area contributed by atoms with E-state index >= 15 is 0 Å². The lowest BCUT2D eigenvalue weighted by Crippen LogP contribution is -2.40. The number of alkyl halides is 2. The standard InChI is InChI=1S/C22H17F3N4.C20H18F4N4.C20H20F2N4/c23-16-5-1-14(2-6-16)12-26-21-19-10-9-18(25)11-20(19)28-22(29-21)27-13-15-3-7-17(24)8-4-15;21-14-3-1-13(2-4-14)12-25-18-16-6-5-15(22)11-17(16)26-19(27-18)28-9-7-20(23,24)8-10-28;21-15-6-4-14(5-7-15)13-23-19-17-9-8-16(22)12-18(17)24-20(25-19)26-10-2-1-3-11-26/h1-11H,12-13H2,(H2,26,27,28,29);1-6,11H,7-10,12H2,(H,25,26,27);4-9,12H,1-3,10-11,13H2,(H,23,24,25). The van der Waals surface area contributed by atoms with Crippen molar-refractivity contribution in [1.82, 2.24) is 29.9 Å². The van der Waals surface area contributed by atoms with Crippen molar-refractivity contribution in [2.45, 2.75) is 64.2 Å². The molecule has 10 aromatic rings. The number of hydrogen-bond donors (Lipinski definition) is 4. The summed E-state index contributed by atoms with van der Waals surface area (Å²) in [5.74, 6) is -2.12. The molecule has 21 heteroatoms. The van der Waals surface area contributed by atoms with E-state index in [4.69, 9.17) is 4.98 Å². The first-order chi connectivity index (χ1) is 40.1. The Labute approximate surface area is 471 Å². The summed E-state index contributed by atoms with van der Waals surface area (Å²) in [4.78, 5) is 30.8. The largest absolute Gasteiger partial charge is 0.365 e. The summed E-state index contributed by atoms with van der Waals surface area (Å²) in [6.45, 7) is 3.77. The predicted molar refractivity (Wildman–Crippen MR) is 306 cm³/mol. The molecule has 0 radical (unpaired) electrons. The molecule has 0 atom stereocenters. The van der Waals surface area contributed by atoms with Crippen LogP contribution in [0.3, 0.4) is 0 Å². The quantitative estimate of drug-likeness (QED) is 0.0773. The molecule has 0 unspecified atom stereocenters. The number of nitrogens with zero attached hydrogens (tertiary/aromatic N) is 8.